The predicted molar refractivity (Wildman–Crippen MR) is 183 cm³/mol. The molecule has 3 saturated heterocycles. The molecule has 0 bridgehead atoms. The van der Waals surface area contributed by atoms with E-state index in [1.165, 1.54) is 14.2 Å². The van der Waals surface area contributed by atoms with Gasteiger partial charge >= 0.3 is 19.9 Å². The summed E-state index contributed by atoms with van der Waals surface area (Å²) in [4.78, 5) is 16.7. The number of fused-ring (bicyclic) bond motifs is 3. The molecule has 3 aromatic rings. The number of piperazine rings is 1. The Morgan fingerprint density at radius 1 is 1.10 bits per heavy atom. The van der Waals surface area contributed by atoms with Crippen molar-refractivity contribution in [3.05, 3.63) is 41.0 Å². The minimum absolute atomic E-state index is 0.00940. The van der Waals surface area contributed by atoms with Crippen molar-refractivity contribution in [1.82, 2.24) is 24.5 Å². The number of hydrogen-bond donors (Lipinski definition) is 1. The topological polar surface area (TPSA) is 119 Å². The summed E-state index contributed by atoms with van der Waals surface area (Å²) in [6.07, 6.45) is -3.92. The highest BCUT2D eigenvalue weighted by atomic mass is 31.2. The first kappa shape index (κ1) is 36.8. The molecule has 4 aliphatic heterocycles. The Bertz CT molecular complexity index is 1990. The Labute approximate surface area is 296 Å². The van der Waals surface area contributed by atoms with E-state index < -0.39 is 71.7 Å². The second kappa shape index (κ2) is 13.1. The van der Waals surface area contributed by atoms with Crippen LogP contribution in [0.25, 0.3) is 27.7 Å². The molecule has 282 valence electrons. The van der Waals surface area contributed by atoms with Crippen LogP contribution in [-0.2, 0) is 19.8 Å². The first-order valence-corrected chi connectivity index (χ1v) is 18.6. The number of anilines is 2. The van der Waals surface area contributed by atoms with Gasteiger partial charge in [0.2, 0.25) is 0 Å². The van der Waals surface area contributed by atoms with E-state index in [0.717, 1.165) is 19.4 Å². The maximum atomic E-state index is 17.1. The summed E-state index contributed by atoms with van der Waals surface area (Å²) in [6.45, 7) is 8.23. The van der Waals surface area contributed by atoms with E-state index in [1.54, 1.807) is 4.67 Å². The van der Waals surface area contributed by atoms with Gasteiger partial charge in [-0.1, -0.05) is 13.5 Å². The average Bonchev–Trinajstić information content (AvgIpc) is 3.57. The number of nitrogens with two attached hydrogens (primary N) is 1. The van der Waals surface area contributed by atoms with Gasteiger partial charge in [0, 0.05) is 57.9 Å². The normalized spacial score (nSPS) is 25.5. The summed E-state index contributed by atoms with van der Waals surface area (Å²) in [5.74, 6) is -3.06. The number of nitrogen functional groups attached to an aromatic ring is 1. The molecule has 3 fully saturated rings. The summed E-state index contributed by atoms with van der Waals surface area (Å²) in [5.41, 5.74) is 0.714. The van der Waals surface area contributed by atoms with E-state index in [1.807, 2.05) is 16.7 Å². The van der Waals surface area contributed by atoms with Crippen LogP contribution < -0.4 is 15.4 Å². The molecular formula is C34H40F6N7O4P. The molecule has 7 rings (SSSR count). The van der Waals surface area contributed by atoms with Crippen molar-refractivity contribution in [2.24, 2.45) is 0 Å². The SMILES string of the molecule is C=C1C[C@@H]2CN(P(=O)(OC)OC)[C@H](CC)CN2c2nc(OC[C@@]34CCCN3C[C@H](F)C4)nc3c(F)c(-c4nc(N)cc(C)c4C(F)(F)F)c(F)c1c23. The van der Waals surface area contributed by atoms with E-state index >= 15 is 8.78 Å². The van der Waals surface area contributed by atoms with Crippen molar-refractivity contribution in [3.8, 4) is 17.3 Å². The number of ether oxygens (including phenoxy) is 1. The number of pyridine rings is 1. The summed E-state index contributed by atoms with van der Waals surface area (Å²) < 4.78 is 125. The van der Waals surface area contributed by atoms with Crippen LogP contribution in [-0.4, -0.2) is 95.3 Å². The second-order valence-electron chi connectivity index (χ2n) is 14.0. The van der Waals surface area contributed by atoms with Gasteiger partial charge in [0.1, 0.15) is 35.7 Å². The van der Waals surface area contributed by atoms with Crippen molar-refractivity contribution in [2.45, 2.75) is 75.9 Å². The van der Waals surface area contributed by atoms with Crippen molar-refractivity contribution in [1.29, 1.82) is 0 Å². The Kier molecular flexibility index (Phi) is 9.29. The molecule has 52 heavy (non-hydrogen) atoms. The molecule has 2 N–H and O–H groups in total. The molecule has 18 heteroatoms. The van der Waals surface area contributed by atoms with Gasteiger partial charge in [0.05, 0.1) is 27.7 Å². The van der Waals surface area contributed by atoms with Gasteiger partial charge in [-0.15, -0.1) is 0 Å². The third-order valence-corrected chi connectivity index (χ3v) is 13.0. The lowest BCUT2D eigenvalue weighted by molar-refractivity contribution is -0.137. The standard InChI is InChI=1S/C34H40F6N7O4P/c1-6-20-14-46-21(15-47(20)52(48,49-4)50-5)10-17(2)23-24-30(28(37)25(27(23)36)29-26(34(38,39)40)18(3)11-22(41)42-29)43-32(44-31(24)46)51-16-33-8-7-9-45(33)13-19(35)12-33/h11,19-21H,2,6-10,12-16H2,1,3-5H3,(H2,41,42)/t19-,20-,21-,33+/m1/s1. The van der Waals surface area contributed by atoms with Gasteiger partial charge in [-0.25, -0.2) is 27.4 Å². The lowest BCUT2D eigenvalue weighted by Crippen LogP contribution is -2.57. The molecule has 4 aliphatic rings. The molecule has 0 amide bonds. The molecule has 0 saturated carbocycles. The van der Waals surface area contributed by atoms with Crippen LogP contribution in [0.15, 0.2) is 12.6 Å². The minimum atomic E-state index is -5.05. The van der Waals surface area contributed by atoms with Gasteiger partial charge in [-0.3, -0.25) is 13.9 Å². The Balaban J connectivity index is 1.46. The van der Waals surface area contributed by atoms with Crippen LogP contribution in [0.3, 0.4) is 0 Å². The third-order valence-electron chi connectivity index (χ3n) is 11.0. The average molecular weight is 756 g/mol. The van der Waals surface area contributed by atoms with E-state index in [0.29, 0.717) is 19.4 Å². The zero-order valence-corrected chi connectivity index (χ0v) is 30.1. The number of hydrogen-bond acceptors (Lipinski definition) is 10. The molecule has 4 atom stereocenters. The van der Waals surface area contributed by atoms with Crippen molar-refractivity contribution in [2.75, 3.05) is 57.6 Å². The smallest absolute Gasteiger partial charge is 0.418 e. The predicted octanol–water partition coefficient (Wildman–Crippen LogP) is 6.92. The van der Waals surface area contributed by atoms with Gasteiger partial charge in [0.25, 0.3) is 0 Å². The molecular weight excluding hydrogens is 715 g/mol. The fraction of sp³-hybridized carbons (Fsp3) is 0.559. The van der Waals surface area contributed by atoms with E-state index in [2.05, 4.69) is 16.5 Å². The lowest BCUT2D eigenvalue weighted by Gasteiger charge is -2.47. The maximum Gasteiger partial charge on any atom is 0.418 e. The monoisotopic (exact) mass is 755 g/mol. The lowest BCUT2D eigenvalue weighted by atomic mass is 9.91. The van der Waals surface area contributed by atoms with Crippen LogP contribution in [0, 0.1) is 18.6 Å². The second-order valence-corrected chi connectivity index (χ2v) is 16.2. The van der Waals surface area contributed by atoms with Crippen LogP contribution >= 0.6 is 7.75 Å². The number of aromatic nitrogens is 3. The zero-order chi connectivity index (χ0) is 37.5. The van der Waals surface area contributed by atoms with Gasteiger partial charge in [0.15, 0.2) is 5.82 Å². The highest BCUT2D eigenvalue weighted by Crippen LogP contribution is 2.55. The number of alkyl halides is 4. The third kappa shape index (κ3) is 5.83. The Morgan fingerprint density at radius 3 is 2.50 bits per heavy atom. The highest BCUT2D eigenvalue weighted by molar-refractivity contribution is 7.51. The summed E-state index contributed by atoms with van der Waals surface area (Å²) >= 11 is 0. The molecule has 0 unspecified atom stereocenters. The quantitative estimate of drug-likeness (QED) is 0.191. The molecule has 1 aromatic carbocycles. The Morgan fingerprint density at radius 2 is 1.83 bits per heavy atom. The highest BCUT2D eigenvalue weighted by Gasteiger charge is 2.50. The fourth-order valence-corrected chi connectivity index (χ4v) is 10.2. The number of rotatable bonds is 8. The van der Waals surface area contributed by atoms with Crippen molar-refractivity contribution in [3.63, 3.8) is 0 Å². The van der Waals surface area contributed by atoms with Crippen LogP contribution in [0.5, 0.6) is 6.01 Å². The van der Waals surface area contributed by atoms with Gasteiger partial charge < -0.3 is 15.4 Å². The minimum Gasteiger partial charge on any atom is -0.461 e. The van der Waals surface area contributed by atoms with Gasteiger partial charge in [-0.05, 0) is 56.4 Å². The number of benzene rings is 1. The van der Waals surface area contributed by atoms with Crippen LogP contribution in [0.2, 0.25) is 0 Å². The fourth-order valence-electron chi connectivity index (χ4n) is 8.64. The zero-order valence-electron chi connectivity index (χ0n) is 29.2. The van der Waals surface area contributed by atoms with E-state index in [4.69, 9.17) is 24.5 Å². The number of aryl methyl sites for hydroxylation is 1. The van der Waals surface area contributed by atoms with Crippen LogP contribution in [0.1, 0.15) is 55.7 Å². The molecule has 6 heterocycles. The largest absolute Gasteiger partial charge is 0.461 e. The summed E-state index contributed by atoms with van der Waals surface area (Å²) in [7, 11) is -1.24. The number of nitrogens with zero attached hydrogens (tertiary/aromatic N) is 6. The first-order valence-electron chi connectivity index (χ1n) is 17.1. The van der Waals surface area contributed by atoms with Crippen molar-refractivity contribution < 1.29 is 44.7 Å². The first-order chi connectivity index (χ1) is 24.6. The van der Waals surface area contributed by atoms with E-state index in [-0.39, 0.29) is 78.8 Å². The summed E-state index contributed by atoms with van der Waals surface area (Å²) in [6, 6.07) is -0.391. The molecule has 0 aliphatic carbocycles. The molecule has 0 radical (unpaired) electrons. The number of halogens is 6. The van der Waals surface area contributed by atoms with E-state index in [9.17, 15) is 22.1 Å². The maximum absolute atomic E-state index is 17.1. The molecule has 2 aromatic heterocycles. The molecule has 0 spiro atoms. The Hall–Kier alpha value is -3.50. The molecule has 11 nitrogen and oxygen atoms in total. The van der Waals surface area contributed by atoms with Gasteiger partial charge in [-0.2, -0.15) is 23.1 Å². The summed E-state index contributed by atoms with van der Waals surface area (Å²) in [5, 5.41) is -0.108. The van der Waals surface area contributed by atoms with Crippen molar-refractivity contribution >= 4 is 35.9 Å². The van der Waals surface area contributed by atoms with Crippen LogP contribution in [0.4, 0.5) is 38.0 Å².